The molecule has 2 N–H and O–H groups in total. The number of aliphatic hydroxyl groups is 1. The molecular weight excluding hydrogens is 1150 g/mol. The summed E-state index contributed by atoms with van der Waals surface area (Å²) in [7, 11) is 2.48. The Hall–Kier alpha value is -5.74. The Kier molecular flexibility index (Phi) is 18.1. The Balaban J connectivity index is 0.000000202. The van der Waals surface area contributed by atoms with Crippen LogP contribution >= 0.6 is 63.7 Å². The Labute approximate surface area is 431 Å². The number of aliphatic imine (C=N–C) groups is 2. The molecule has 2 aliphatic rings. The number of fused-ring (bicyclic) bond motifs is 6. The lowest BCUT2D eigenvalue weighted by atomic mass is 10.0. The van der Waals surface area contributed by atoms with E-state index in [-0.39, 0.29) is 18.9 Å². The molecule has 0 bridgehead atoms. The third kappa shape index (κ3) is 12.5. The Bertz CT molecular complexity index is 2920. The number of hydrogen-bond donors (Lipinski definition) is 2. The first kappa shape index (κ1) is 52.6. The molecule has 2 aromatic carbocycles. The SMILES string of the molecule is COC(=O)C(C)O.COC(=O)C(C)OC(=O)CC[C@@H]1N=C(c2ccccn2)c2cc(Br)c(Br)cc2-n2c(C)cnc21.Cc1cnc2n1-c1cc(Br)c(Br)cc1C(c1ccccn1)=N[C@H]2CCC(=O)O. The molecule has 2 unspecified atom stereocenters. The van der Waals surface area contributed by atoms with Crippen LogP contribution in [0.2, 0.25) is 0 Å². The number of esters is 3. The Morgan fingerprint density at radius 2 is 1.09 bits per heavy atom. The molecule has 0 fully saturated rings. The van der Waals surface area contributed by atoms with Crippen molar-refractivity contribution < 1.29 is 43.6 Å². The summed E-state index contributed by atoms with van der Waals surface area (Å²) in [5.74, 6) is -1.10. The average Bonchev–Trinajstić information content (AvgIpc) is 3.84. The summed E-state index contributed by atoms with van der Waals surface area (Å²) in [6.07, 6.45) is 5.85. The molecule has 8 rings (SSSR count). The lowest BCUT2D eigenvalue weighted by molar-refractivity contribution is -0.164. The van der Waals surface area contributed by atoms with Crippen molar-refractivity contribution >= 4 is 99.0 Å². The molecule has 6 heterocycles. The van der Waals surface area contributed by atoms with Crippen LogP contribution in [0.25, 0.3) is 11.4 Å². The van der Waals surface area contributed by atoms with Gasteiger partial charge in [-0.2, -0.15) is 0 Å². The van der Waals surface area contributed by atoms with Gasteiger partial charge in [-0.05, 0) is 153 Å². The number of methoxy groups -OCH3 is 2. The molecule has 21 heteroatoms. The summed E-state index contributed by atoms with van der Waals surface area (Å²) in [5.41, 5.74) is 8.43. The van der Waals surface area contributed by atoms with Crippen molar-refractivity contribution in [2.24, 2.45) is 9.98 Å². The van der Waals surface area contributed by atoms with Crippen LogP contribution in [0.15, 0.2) is 113 Å². The van der Waals surface area contributed by atoms with Crippen LogP contribution in [0.3, 0.4) is 0 Å². The quantitative estimate of drug-likeness (QED) is 0.0913. The van der Waals surface area contributed by atoms with Crippen molar-refractivity contribution in [3.05, 3.63) is 149 Å². The van der Waals surface area contributed by atoms with Crippen molar-refractivity contribution in [1.29, 1.82) is 0 Å². The number of carbonyl (C=O) groups excluding carboxylic acids is 3. The number of aromatic nitrogens is 6. The van der Waals surface area contributed by atoms with Gasteiger partial charge in [0.15, 0.2) is 6.10 Å². The number of carbonyl (C=O) groups is 4. The minimum Gasteiger partial charge on any atom is -0.481 e. The maximum atomic E-state index is 12.4. The lowest BCUT2D eigenvalue weighted by Gasteiger charge is -2.15. The molecule has 4 atom stereocenters. The number of pyridine rings is 2. The van der Waals surface area contributed by atoms with Crippen molar-refractivity contribution in [2.75, 3.05) is 14.2 Å². The maximum Gasteiger partial charge on any atom is 0.346 e. The van der Waals surface area contributed by atoms with Crippen LogP contribution in [0.5, 0.6) is 0 Å². The molecule has 6 aromatic rings. The van der Waals surface area contributed by atoms with Gasteiger partial charge >= 0.3 is 23.9 Å². The van der Waals surface area contributed by atoms with E-state index in [2.05, 4.69) is 102 Å². The number of halogens is 4. The van der Waals surface area contributed by atoms with Gasteiger partial charge in [0, 0.05) is 78.0 Å². The van der Waals surface area contributed by atoms with E-state index in [4.69, 9.17) is 19.8 Å². The smallest absolute Gasteiger partial charge is 0.346 e. The van der Waals surface area contributed by atoms with Crippen LogP contribution in [0.1, 0.15) is 97.2 Å². The van der Waals surface area contributed by atoms with Crippen LogP contribution in [0, 0.1) is 13.8 Å². The van der Waals surface area contributed by atoms with E-state index in [9.17, 15) is 24.3 Å². The predicted octanol–water partition coefficient (Wildman–Crippen LogP) is 9.28. The molecule has 360 valence electrons. The van der Waals surface area contributed by atoms with Crippen LogP contribution in [0.4, 0.5) is 0 Å². The van der Waals surface area contributed by atoms with Gasteiger partial charge in [0.25, 0.3) is 0 Å². The van der Waals surface area contributed by atoms with E-state index in [0.29, 0.717) is 30.1 Å². The van der Waals surface area contributed by atoms with Crippen molar-refractivity contribution in [2.45, 2.75) is 77.7 Å². The minimum atomic E-state index is -0.995. The number of nitrogens with zero attached hydrogens (tertiary/aromatic N) is 8. The molecule has 0 spiro atoms. The number of carboxylic acid groups (broad SMARTS) is 1. The maximum absolute atomic E-state index is 12.4. The van der Waals surface area contributed by atoms with Crippen molar-refractivity contribution in [3.63, 3.8) is 0 Å². The van der Waals surface area contributed by atoms with E-state index >= 15 is 0 Å². The van der Waals surface area contributed by atoms with E-state index in [1.54, 1.807) is 24.8 Å². The molecule has 4 aromatic heterocycles. The highest BCUT2D eigenvalue weighted by Gasteiger charge is 2.31. The molecule has 0 radical (unpaired) electrons. The van der Waals surface area contributed by atoms with Crippen LogP contribution in [-0.2, 0) is 33.4 Å². The zero-order valence-electron chi connectivity index (χ0n) is 38.1. The van der Waals surface area contributed by atoms with E-state index in [0.717, 1.165) is 69.0 Å². The molecule has 0 aliphatic carbocycles. The van der Waals surface area contributed by atoms with Crippen LogP contribution < -0.4 is 0 Å². The van der Waals surface area contributed by atoms with Gasteiger partial charge in [-0.15, -0.1) is 0 Å². The first-order chi connectivity index (χ1) is 32.9. The molecule has 0 amide bonds. The normalized spacial score (nSPS) is 15.2. The summed E-state index contributed by atoms with van der Waals surface area (Å²) in [4.78, 5) is 73.5. The zero-order chi connectivity index (χ0) is 50.1. The third-order valence-electron chi connectivity index (χ3n) is 10.6. The van der Waals surface area contributed by atoms with Gasteiger partial charge in [-0.3, -0.25) is 38.7 Å². The molecular formula is C48H46Br4N8O9. The standard InChI is InChI=1S/C24H22Br2N4O4.C20H16Br2N4O2.C4H8O3/c1-13-12-28-23-19(7-8-21(31)34-14(2)24(32)33-3)29-22(18-6-4-5-9-27-18)15-10-16(25)17(26)11-20(15)30(13)23;1-11-10-24-20-16(5-6-18(27)28)25-19(15-4-2-3-7-23-15)12-8-13(21)14(22)9-17(12)26(11)20;1-3(5)4(6)7-2/h4-6,9-12,14,19H,7-8H2,1-3H3;2-4,7-10,16H,5-6H2,1H3,(H,27,28);3,5H,1-2H3/t14?,19-;16-;/m00./s1. The number of imidazole rings is 2. The summed E-state index contributed by atoms with van der Waals surface area (Å²) in [6.45, 7) is 6.79. The number of aliphatic carboxylic acids is 1. The second-order valence-electron chi connectivity index (χ2n) is 15.5. The fourth-order valence-corrected chi connectivity index (χ4v) is 8.70. The van der Waals surface area contributed by atoms with Gasteiger partial charge in [0.2, 0.25) is 0 Å². The lowest BCUT2D eigenvalue weighted by Crippen LogP contribution is -2.25. The average molecular weight is 1200 g/mol. The predicted molar refractivity (Wildman–Crippen MR) is 270 cm³/mol. The monoisotopic (exact) mass is 1190 g/mol. The van der Waals surface area contributed by atoms with Crippen molar-refractivity contribution in [3.8, 4) is 11.4 Å². The second-order valence-corrected chi connectivity index (χ2v) is 18.9. The van der Waals surface area contributed by atoms with Gasteiger partial charge < -0.3 is 24.4 Å². The topological polar surface area (TPSA) is 223 Å². The number of rotatable bonds is 11. The summed E-state index contributed by atoms with van der Waals surface area (Å²) < 4.78 is 21.7. The first-order valence-corrected chi connectivity index (χ1v) is 24.4. The molecule has 17 nitrogen and oxygen atoms in total. The third-order valence-corrected chi connectivity index (χ3v) is 14.3. The minimum absolute atomic E-state index is 0.0132. The summed E-state index contributed by atoms with van der Waals surface area (Å²) >= 11 is 14.4. The number of carboxylic acids is 1. The summed E-state index contributed by atoms with van der Waals surface area (Å²) in [5, 5.41) is 17.5. The molecule has 0 saturated carbocycles. The number of aliphatic hydroxyl groups excluding tert-OH is 1. The fraction of sp³-hybridized carbons (Fsp3) is 0.292. The first-order valence-electron chi connectivity index (χ1n) is 21.2. The molecule has 2 aliphatic heterocycles. The number of ether oxygens (including phenoxy) is 3. The fourth-order valence-electron chi connectivity index (χ4n) is 7.35. The van der Waals surface area contributed by atoms with E-state index in [1.165, 1.54) is 28.1 Å². The Morgan fingerprint density at radius 1 is 0.652 bits per heavy atom. The summed E-state index contributed by atoms with van der Waals surface area (Å²) in [6, 6.07) is 18.6. The van der Waals surface area contributed by atoms with Gasteiger partial charge in [0.1, 0.15) is 29.8 Å². The highest BCUT2D eigenvalue weighted by atomic mass is 79.9. The van der Waals surface area contributed by atoms with Gasteiger partial charge in [0.05, 0.1) is 48.4 Å². The van der Waals surface area contributed by atoms with Crippen molar-refractivity contribution in [1.82, 2.24) is 29.1 Å². The van der Waals surface area contributed by atoms with E-state index in [1.807, 2.05) is 74.5 Å². The molecule has 69 heavy (non-hydrogen) atoms. The Morgan fingerprint density at radius 3 is 1.46 bits per heavy atom. The second kappa shape index (κ2) is 23.7. The van der Waals surface area contributed by atoms with Gasteiger partial charge in [-0.1, -0.05) is 12.1 Å². The van der Waals surface area contributed by atoms with Gasteiger partial charge in [-0.25, -0.2) is 19.6 Å². The number of aryl methyl sites for hydroxylation is 2. The highest BCUT2D eigenvalue weighted by molar-refractivity contribution is 9.13. The largest absolute Gasteiger partial charge is 0.481 e. The molecule has 0 saturated heterocycles. The highest BCUT2D eigenvalue weighted by Crippen LogP contribution is 2.39. The number of benzene rings is 2. The van der Waals surface area contributed by atoms with Crippen LogP contribution in [-0.4, -0.2) is 101 Å². The number of hydrogen-bond acceptors (Lipinski definition) is 14. The van der Waals surface area contributed by atoms with E-state index < -0.39 is 42.1 Å². The zero-order valence-corrected chi connectivity index (χ0v) is 44.4.